The molecule has 0 saturated carbocycles. The Labute approximate surface area is 119 Å². The number of nitrogens with one attached hydrogen (secondary N) is 1. The van der Waals surface area contributed by atoms with E-state index in [0.29, 0.717) is 24.2 Å². The van der Waals surface area contributed by atoms with Gasteiger partial charge in [0.05, 0.1) is 28.8 Å². The van der Waals surface area contributed by atoms with Crippen LogP contribution in [0.5, 0.6) is 0 Å². The van der Waals surface area contributed by atoms with Crippen LogP contribution >= 0.6 is 15.9 Å². The number of halogens is 1. The van der Waals surface area contributed by atoms with E-state index in [1.807, 2.05) is 12.3 Å². The zero-order chi connectivity index (χ0) is 13.7. The Hall–Kier alpha value is -2.13. The minimum absolute atomic E-state index is 0.157. The lowest BCUT2D eigenvalue weighted by Crippen LogP contribution is -2.27. The van der Waals surface area contributed by atoms with Gasteiger partial charge >= 0.3 is 0 Å². The lowest BCUT2D eigenvalue weighted by molar-refractivity contribution is 0.0952. The Morgan fingerprint density at radius 3 is 2.74 bits per heavy atom. The topological polar surface area (TPSA) is 70.7 Å². The summed E-state index contributed by atoms with van der Waals surface area (Å²) in [5.41, 5.74) is 1.08. The third-order valence-corrected chi connectivity index (χ3v) is 2.91. The largest absolute Gasteiger partial charge is 0.350 e. The van der Waals surface area contributed by atoms with Crippen molar-refractivity contribution >= 4 is 21.8 Å². The highest BCUT2D eigenvalue weighted by Gasteiger charge is 2.04. The van der Waals surface area contributed by atoms with Gasteiger partial charge in [0, 0.05) is 18.3 Å². The van der Waals surface area contributed by atoms with E-state index in [9.17, 15) is 4.79 Å². The Morgan fingerprint density at radius 2 is 2.16 bits per heavy atom. The molecule has 0 saturated heterocycles. The molecule has 96 valence electrons. The van der Waals surface area contributed by atoms with Gasteiger partial charge in [0.1, 0.15) is 0 Å². The summed E-state index contributed by atoms with van der Waals surface area (Å²) in [6.45, 7) is 1.10. The number of aromatic nitrogens is 2. The molecule has 1 amide bonds. The van der Waals surface area contributed by atoms with Crippen LogP contribution in [0.4, 0.5) is 0 Å². The summed E-state index contributed by atoms with van der Waals surface area (Å²) < 4.78 is 2.65. The summed E-state index contributed by atoms with van der Waals surface area (Å²) >= 11 is 3.31. The van der Waals surface area contributed by atoms with Crippen LogP contribution in [-0.2, 0) is 6.54 Å². The average Bonchev–Trinajstić information content (AvgIpc) is 2.84. The SMILES string of the molecule is N#Cc1ccc(C(=O)NCCn2cc(Br)cn2)cc1. The Bertz CT molecular complexity index is 612. The van der Waals surface area contributed by atoms with Crippen LogP contribution in [0.2, 0.25) is 0 Å². The smallest absolute Gasteiger partial charge is 0.251 e. The molecular weight excluding hydrogens is 308 g/mol. The monoisotopic (exact) mass is 318 g/mol. The molecule has 5 nitrogen and oxygen atoms in total. The van der Waals surface area contributed by atoms with Gasteiger partial charge in [-0.15, -0.1) is 0 Å². The number of amides is 1. The Morgan fingerprint density at radius 1 is 1.42 bits per heavy atom. The fraction of sp³-hybridized carbons (Fsp3) is 0.154. The van der Waals surface area contributed by atoms with Crippen molar-refractivity contribution in [1.29, 1.82) is 5.26 Å². The van der Waals surface area contributed by atoms with Crippen LogP contribution in [-0.4, -0.2) is 22.2 Å². The molecule has 1 aromatic heterocycles. The van der Waals surface area contributed by atoms with Crippen molar-refractivity contribution in [3.8, 4) is 6.07 Å². The Kier molecular flexibility index (Phi) is 4.31. The fourth-order valence-electron chi connectivity index (χ4n) is 1.54. The molecule has 2 rings (SSSR count). The zero-order valence-electron chi connectivity index (χ0n) is 10.0. The van der Waals surface area contributed by atoms with Gasteiger partial charge < -0.3 is 5.32 Å². The van der Waals surface area contributed by atoms with Gasteiger partial charge in [-0.25, -0.2) is 0 Å². The molecule has 0 atom stereocenters. The number of carbonyl (C=O) groups excluding carboxylic acids is 1. The molecule has 1 N–H and O–H groups in total. The number of carbonyl (C=O) groups is 1. The standard InChI is InChI=1S/C13H11BrN4O/c14-12-8-17-18(9-12)6-5-16-13(19)11-3-1-10(7-15)2-4-11/h1-4,8-9H,5-6H2,(H,16,19). The van der Waals surface area contributed by atoms with E-state index in [4.69, 9.17) is 5.26 Å². The van der Waals surface area contributed by atoms with Gasteiger partial charge in [0.25, 0.3) is 5.91 Å². The Balaban J connectivity index is 1.85. The van der Waals surface area contributed by atoms with Crippen molar-refractivity contribution in [2.45, 2.75) is 6.54 Å². The first-order valence-corrected chi connectivity index (χ1v) is 6.44. The van der Waals surface area contributed by atoms with Gasteiger partial charge in [-0.3, -0.25) is 9.48 Å². The van der Waals surface area contributed by atoms with E-state index in [1.54, 1.807) is 35.1 Å². The van der Waals surface area contributed by atoms with Crippen molar-refractivity contribution < 1.29 is 4.79 Å². The minimum Gasteiger partial charge on any atom is -0.350 e. The van der Waals surface area contributed by atoms with E-state index in [-0.39, 0.29) is 5.91 Å². The summed E-state index contributed by atoms with van der Waals surface area (Å²) in [5, 5.41) is 15.6. The molecule has 0 radical (unpaired) electrons. The number of rotatable bonds is 4. The van der Waals surface area contributed by atoms with Gasteiger partial charge in [0.2, 0.25) is 0 Å². The van der Waals surface area contributed by atoms with Gasteiger partial charge in [-0.05, 0) is 40.2 Å². The second-order valence-corrected chi connectivity index (χ2v) is 4.78. The fourth-order valence-corrected chi connectivity index (χ4v) is 1.87. The molecule has 2 aromatic rings. The van der Waals surface area contributed by atoms with Crippen LogP contribution in [0.1, 0.15) is 15.9 Å². The van der Waals surface area contributed by atoms with E-state index >= 15 is 0 Å². The molecule has 0 fully saturated rings. The van der Waals surface area contributed by atoms with Crippen molar-refractivity contribution in [3.63, 3.8) is 0 Å². The predicted octanol–water partition coefficient (Wildman–Crippen LogP) is 1.95. The molecule has 1 aromatic carbocycles. The first-order chi connectivity index (χ1) is 9.19. The van der Waals surface area contributed by atoms with Crippen molar-refractivity contribution in [3.05, 3.63) is 52.3 Å². The molecule has 19 heavy (non-hydrogen) atoms. The van der Waals surface area contributed by atoms with Crippen LogP contribution < -0.4 is 5.32 Å². The zero-order valence-corrected chi connectivity index (χ0v) is 11.6. The third kappa shape index (κ3) is 3.66. The quantitative estimate of drug-likeness (QED) is 0.936. The van der Waals surface area contributed by atoms with Crippen LogP contribution in [0.15, 0.2) is 41.1 Å². The summed E-state index contributed by atoms with van der Waals surface area (Å²) in [7, 11) is 0. The molecule has 0 aliphatic carbocycles. The number of benzene rings is 1. The van der Waals surface area contributed by atoms with Crippen molar-refractivity contribution in [2.75, 3.05) is 6.54 Å². The summed E-state index contributed by atoms with van der Waals surface area (Å²) in [6, 6.07) is 8.54. The normalized spacial score (nSPS) is 9.89. The molecule has 0 spiro atoms. The number of nitriles is 1. The van der Waals surface area contributed by atoms with Gasteiger partial charge in [-0.1, -0.05) is 0 Å². The molecule has 1 heterocycles. The van der Waals surface area contributed by atoms with Gasteiger partial charge in [0.15, 0.2) is 0 Å². The molecule has 0 unspecified atom stereocenters. The van der Waals surface area contributed by atoms with E-state index in [0.717, 1.165) is 4.47 Å². The minimum atomic E-state index is -0.157. The lowest BCUT2D eigenvalue weighted by Gasteiger charge is -2.05. The average molecular weight is 319 g/mol. The molecule has 6 heteroatoms. The highest BCUT2D eigenvalue weighted by atomic mass is 79.9. The second kappa shape index (κ2) is 6.16. The highest BCUT2D eigenvalue weighted by molar-refractivity contribution is 9.10. The van der Waals surface area contributed by atoms with E-state index in [1.165, 1.54) is 0 Å². The van der Waals surface area contributed by atoms with Crippen LogP contribution in [0.25, 0.3) is 0 Å². The second-order valence-electron chi connectivity index (χ2n) is 3.87. The third-order valence-electron chi connectivity index (χ3n) is 2.50. The number of nitrogens with zero attached hydrogens (tertiary/aromatic N) is 3. The maximum absolute atomic E-state index is 11.8. The maximum atomic E-state index is 11.8. The predicted molar refractivity (Wildman–Crippen MR) is 73.4 cm³/mol. The van der Waals surface area contributed by atoms with Crippen LogP contribution in [0, 0.1) is 11.3 Å². The first-order valence-electron chi connectivity index (χ1n) is 5.65. The first kappa shape index (κ1) is 13.3. The number of hydrogen-bond donors (Lipinski definition) is 1. The van der Waals surface area contributed by atoms with Crippen molar-refractivity contribution in [2.24, 2.45) is 0 Å². The molecule has 0 aliphatic heterocycles. The summed E-state index contributed by atoms with van der Waals surface area (Å²) in [6.07, 6.45) is 3.54. The lowest BCUT2D eigenvalue weighted by atomic mass is 10.1. The van der Waals surface area contributed by atoms with Gasteiger partial charge in [-0.2, -0.15) is 10.4 Å². The van der Waals surface area contributed by atoms with E-state index in [2.05, 4.69) is 26.3 Å². The molecule has 0 bridgehead atoms. The number of hydrogen-bond acceptors (Lipinski definition) is 3. The maximum Gasteiger partial charge on any atom is 0.251 e. The summed E-state index contributed by atoms with van der Waals surface area (Å²) in [5.74, 6) is -0.157. The van der Waals surface area contributed by atoms with Crippen LogP contribution in [0.3, 0.4) is 0 Å². The van der Waals surface area contributed by atoms with Crippen molar-refractivity contribution in [1.82, 2.24) is 15.1 Å². The summed E-state index contributed by atoms with van der Waals surface area (Å²) in [4.78, 5) is 11.8. The highest BCUT2D eigenvalue weighted by Crippen LogP contribution is 2.06. The molecule has 0 aliphatic rings. The van der Waals surface area contributed by atoms with E-state index < -0.39 is 0 Å². The molecular formula is C13H11BrN4O.